The molecule has 144 valence electrons. The highest BCUT2D eigenvalue weighted by molar-refractivity contribution is 5.91. The molecule has 0 atom stereocenters. The average molecular weight is 379 g/mol. The summed E-state index contributed by atoms with van der Waals surface area (Å²) in [4.78, 5) is 16.2. The fraction of sp³-hybridized carbons (Fsp3) is 0.300. The summed E-state index contributed by atoms with van der Waals surface area (Å²) in [6.45, 7) is 5.19. The maximum Gasteiger partial charge on any atom is 0.292 e. The highest BCUT2D eigenvalue weighted by Gasteiger charge is 2.24. The van der Waals surface area contributed by atoms with Crippen molar-refractivity contribution in [2.75, 3.05) is 37.7 Å². The van der Waals surface area contributed by atoms with Gasteiger partial charge in [0, 0.05) is 37.8 Å². The predicted molar refractivity (Wildman–Crippen MR) is 103 cm³/mol. The SMILES string of the molecule is CCOc1ccc(-c2ccc(N3CCN(C(=O)c4ccno4)CC3)nn2)cc1. The van der Waals surface area contributed by atoms with Crippen LogP contribution in [0.1, 0.15) is 17.5 Å². The lowest BCUT2D eigenvalue weighted by molar-refractivity contribution is 0.0704. The second-order valence-electron chi connectivity index (χ2n) is 6.39. The van der Waals surface area contributed by atoms with Crippen LogP contribution in [0.25, 0.3) is 11.3 Å². The molecule has 1 aliphatic rings. The fourth-order valence-electron chi connectivity index (χ4n) is 3.16. The van der Waals surface area contributed by atoms with Gasteiger partial charge in [-0.15, -0.1) is 10.2 Å². The Morgan fingerprint density at radius 2 is 1.82 bits per heavy atom. The lowest BCUT2D eigenvalue weighted by Gasteiger charge is -2.34. The molecule has 1 fully saturated rings. The van der Waals surface area contributed by atoms with Gasteiger partial charge in [0.1, 0.15) is 5.75 Å². The lowest BCUT2D eigenvalue weighted by atomic mass is 10.1. The van der Waals surface area contributed by atoms with E-state index in [1.807, 2.05) is 43.3 Å². The summed E-state index contributed by atoms with van der Waals surface area (Å²) in [5.41, 5.74) is 1.80. The van der Waals surface area contributed by atoms with Gasteiger partial charge in [0.2, 0.25) is 5.76 Å². The van der Waals surface area contributed by atoms with Crippen LogP contribution >= 0.6 is 0 Å². The summed E-state index contributed by atoms with van der Waals surface area (Å²) in [5.74, 6) is 1.79. The van der Waals surface area contributed by atoms with Crippen molar-refractivity contribution in [2.24, 2.45) is 0 Å². The van der Waals surface area contributed by atoms with Crippen LogP contribution in [0, 0.1) is 0 Å². The molecule has 2 aromatic heterocycles. The summed E-state index contributed by atoms with van der Waals surface area (Å²) in [7, 11) is 0. The van der Waals surface area contributed by atoms with Crippen molar-refractivity contribution in [3.05, 3.63) is 54.4 Å². The third-order valence-electron chi connectivity index (χ3n) is 4.65. The van der Waals surface area contributed by atoms with E-state index in [9.17, 15) is 4.79 Å². The van der Waals surface area contributed by atoms with Crippen LogP contribution in [0.15, 0.2) is 53.2 Å². The second-order valence-corrected chi connectivity index (χ2v) is 6.39. The number of carbonyl (C=O) groups is 1. The van der Waals surface area contributed by atoms with Gasteiger partial charge < -0.3 is 19.1 Å². The maximum atomic E-state index is 12.3. The fourth-order valence-corrected chi connectivity index (χ4v) is 3.16. The van der Waals surface area contributed by atoms with E-state index in [1.54, 1.807) is 11.0 Å². The molecule has 0 radical (unpaired) electrons. The number of hydrogen-bond donors (Lipinski definition) is 0. The van der Waals surface area contributed by atoms with Gasteiger partial charge in [-0.3, -0.25) is 4.79 Å². The number of hydrogen-bond acceptors (Lipinski definition) is 7. The summed E-state index contributed by atoms with van der Waals surface area (Å²) in [6, 6.07) is 13.3. The Bertz CT molecular complexity index is 902. The molecule has 0 bridgehead atoms. The molecule has 8 heteroatoms. The minimum atomic E-state index is -0.130. The van der Waals surface area contributed by atoms with Gasteiger partial charge >= 0.3 is 0 Å². The van der Waals surface area contributed by atoms with Gasteiger partial charge in [-0.1, -0.05) is 5.16 Å². The Morgan fingerprint density at radius 3 is 2.43 bits per heavy atom. The number of piperazine rings is 1. The van der Waals surface area contributed by atoms with Crippen molar-refractivity contribution in [1.29, 1.82) is 0 Å². The third kappa shape index (κ3) is 3.80. The standard InChI is InChI=1S/C20H21N5O3/c1-2-27-16-5-3-15(4-6-16)17-7-8-19(23-22-17)24-11-13-25(14-12-24)20(26)18-9-10-21-28-18/h3-10H,2,11-14H2,1H3. The zero-order valence-electron chi connectivity index (χ0n) is 15.6. The molecule has 8 nitrogen and oxygen atoms in total. The molecule has 3 heterocycles. The number of carbonyl (C=O) groups excluding carboxylic acids is 1. The van der Waals surface area contributed by atoms with Gasteiger partial charge in [0.25, 0.3) is 5.91 Å². The average Bonchev–Trinajstić information content (AvgIpc) is 3.29. The molecule has 3 aromatic rings. The smallest absolute Gasteiger partial charge is 0.292 e. The van der Waals surface area contributed by atoms with E-state index in [-0.39, 0.29) is 11.7 Å². The number of rotatable bonds is 5. The van der Waals surface area contributed by atoms with E-state index >= 15 is 0 Å². The van der Waals surface area contributed by atoms with Gasteiger partial charge in [0.15, 0.2) is 5.82 Å². The lowest BCUT2D eigenvalue weighted by Crippen LogP contribution is -2.49. The van der Waals surface area contributed by atoms with Crippen molar-refractivity contribution in [3.63, 3.8) is 0 Å². The molecule has 1 aromatic carbocycles. The summed E-state index contributed by atoms with van der Waals surface area (Å²) < 4.78 is 10.4. The van der Waals surface area contributed by atoms with E-state index < -0.39 is 0 Å². The summed E-state index contributed by atoms with van der Waals surface area (Å²) in [6.07, 6.45) is 1.48. The molecule has 0 aliphatic carbocycles. The Hall–Kier alpha value is -3.42. The molecule has 0 N–H and O–H groups in total. The molecule has 0 saturated carbocycles. The van der Waals surface area contributed by atoms with E-state index in [0.29, 0.717) is 32.8 Å². The number of amides is 1. The van der Waals surface area contributed by atoms with E-state index in [2.05, 4.69) is 20.3 Å². The minimum Gasteiger partial charge on any atom is -0.494 e. The van der Waals surface area contributed by atoms with E-state index in [4.69, 9.17) is 9.26 Å². The number of nitrogens with zero attached hydrogens (tertiary/aromatic N) is 5. The molecule has 1 saturated heterocycles. The van der Waals surface area contributed by atoms with Gasteiger partial charge in [-0.05, 0) is 43.3 Å². The zero-order chi connectivity index (χ0) is 19.3. The van der Waals surface area contributed by atoms with Crippen LogP contribution in [0.4, 0.5) is 5.82 Å². The molecular formula is C20H21N5O3. The highest BCUT2D eigenvalue weighted by atomic mass is 16.5. The van der Waals surface area contributed by atoms with Crippen molar-refractivity contribution in [3.8, 4) is 17.0 Å². The van der Waals surface area contributed by atoms with Crippen LogP contribution in [-0.2, 0) is 0 Å². The van der Waals surface area contributed by atoms with Crippen LogP contribution in [0.5, 0.6) is 5.75 Å². The van der Waals surface area contributed by atoms with Crippen LogP contribution in [0.3, 0.4) is 0 Å². The van der Waals surface area contributed by atoms with Crippen LogP contribution < -0.4 is 9.64 Å². The Morgan fingerprint density at radius 1 is 1.04 bits per heavy atom. The molecule has 4 rings (SSSR count). The highest BCUT2D eigenvalue weighted by Crippen LogP contribution is 2.22. The normalized spacial score (nSPS) is 14.2. The first-order chi connectivity index (χ1) is 13.7. The first kappa shape index (κ1) is 18.0. The molecule has 1 aliphatic heterocycles. The van der Waals surface area contributed by atoms with Crippen LogP contribution in [-0.4, -0.2) is 58.9 Å². The zero-order valence-corrected chi connectivity index (χ0v) is 15.6. The van der Waals surface area contributed by atoms with E-state index in [0.717, 1.165) is 22.8 Å². The summed E-state index contributed by atoms with van der Waals surface area (Å²) >= 11 is 0. The predicted octanol–water partition coefficient (Wildman–Crippen LogP) is 2.49. The third-order valence-corrected chi connectivity index (χ3v) is 4.65. The summed E-state index contributed by atoms with van der Waals surface area (Å²) in [5, 5.41) is 12.3. The largest absolute Gasteiger partial charge is 0.494 e. The monoisotopic (exact) mass is 379 g/mol. The first-order valence-corrected chi connectivity index (χ1v) is 9.26. The first-order valence-electron chi connectivity index (χ1n) is 9.26. The Kier molecular flexibility index (Phi) is 5.18. The number of benzene rings is 1. The van der Waals surface area contributed by atoms with Crippen molar-refractivity contribution >= 4 is 11.7 Å². The number of anilines is 1. The van der Waals surface area contributed by atoms with Gasteiger partial charge in [-0.25, -0.2) is 0 Å². The maximum absolute atomic E-state index is 12.3. The van der Waals surface area contributed by atoms with Crippen molar-refractivity contribution < 1.29 is 14.1 Å². The molecule has 0 spiro atoms. The van der Waals surface area contributed by atoms with Crippen molar-refractivity contribution in [1.82, 2.24) is 20.3 Å². The molecule has 0 unspecified atom stereocenters. The Labute approximate surface area is 162 Å². The van der Waals surface area contributed by atoms with Crippen LogP contribution in [0.2, 0.25) is 0 Å². The molecule has 1 amide bonds. The minimum absolute atomic E-state index is 0.130. The van der Waals surface area contributed by atoms with E-state index in [1.165, 1.54) is 6.20 Å². The quantitative estimate of drug-likeness (QED) is 0.673. The number of ether oxygens (including phenoxy) is 1. The number of aromatic nitrogens is 3. The second kappa shape index (κ2) is 8.08. The van der Waals surface area contributed by atoms with Gasteiger partial charge in [-0.2, -0.15) is 0 Å². The van der Waals surface area contributed by atoms with Gasteiger partial charge in [0.05, 0.1) is 18.5 Å². The van der Waals surface area contributed by atoms with Crippen molar-refractivity contribution in [2.45, 2.75) is 6.92 Å². The Balaban J connectivity index is 1.37. The molecule has 28 heavy (non-hydrogen) atoms. The topological polar surface area (TPSA) is 84.6 Å². The molecular weight excluding hydrogens is 358 g/mol.